The van der Waals surface area contributed by atoms with E-state index in [-0.39, 0.29) is 11.4 Å². The molecular formula is C9H11N7O4. The molecule has 0 spiro atoms. The van der Waals surface area contributed by atoms with Crippen molar-refractivity contribution in [3.05, 3.63) is 11.8 Å². The van der Waals surface area contributed by atoms with Crippen LogP contribution in [0, 0.1) is 11.3 Å². The maximum Gasteiger partial charge on any atom is 0.335 e. The number of carboxylic acids is 2. The number of nitriles is 1. The van der Waals surface area contributed by atoms with Crippen LogP contribution in [0.3, 0.4) is 0 Å². The topological polar surface area (TPSA) is 178 Å². The van der Waals surface area contributed by atoms with Crippen LogP contribution < -0.4 is 21.7 Å². The lowest BCUT2D eigenvalue weighted by Crippen LogP contribution is -2.69. The number of nitrogens with two attached hydrogens (primary N) is 1. The molecular weight excluding hydrogens is 270 g/mol. The van der Waals surface area contributed by atoms with Crippen LogP contribution in [0.25, 0.3) is 0 Å². The number of nitrogen functional groups attached to an aromatic ring is 1. The summed E-state index contributed by atoms with van der Waals surface area (Å²) in [7, 11) is 0. The lowest BCUT2D eigenvalue weighted by molar-refractivity contribution is -0.147. The minimum absolute atomic E-state index is 0.00678. The molecule has 2 heterocycles. The highest BCUT2D eigenvalue weighted by molar-refractivity contribution is 5.77. The van der Waals surface area contributed by atoms with E-state index in [1.54, 1.807) is 0 Å². The molecule has 0 amide bonds. The number of carboxylic acid groups (broad SMARTS) is 2. The van der Waals surface area contributed by atoms with Gasteiger partial charge in [0.25, 0.3) is 0 Å². The maximum atomic E-state index is 11.0. The predicted octanol–water partition coefficient (Wildman–Crippen LogP) is -2.60. The van der Waals surface area contributed by atoms with E-state index in [1.165, 1.54) is 6.20 Å². The van der Waals surface area contributed by atoms with E-state index in [2.05, 4.69) is 21.0 Å². The zero-order chi connectivity index (χ0) is 14.9. The Morgan fingerprint density at radius 3 is 2.25 bits per heavy atom. The van der Waals surface area contributed by atoms with E-state index in [1.807, 2.05) is 6.07 Å². The number of carbonyl (C=O) groups is 2. The Bertz CT molecular complexity index is 570. The van der Waals surface area contributed by atoms with Crippen molar-refractivity contribution < 1.29 is 19.8 Å². The fourth-order valence-corrected chi connectivity index (χ4v) is 1.72. The number of aliphatic carboxylic acids is 2. The Hall–Kier alpha value is -2.68. The van der Waals surface area contributed by atoms with E-state index < -0.39 is 30.6 Å². The Balaban J connectivity index is 2.30. The van der Waals surface area contributed by atoms with Gasteiger partial charge in [-0.2, -0.15) is 10.4 Å². The minimum atomic E-state index is -1.31. The summed E-state index contributed by atoms with van der Waals surface area (Å²) in [5.41, 5.74) is 5.77. The molecule has 0 aromatic carbocycles. The van der Waals surface area contributed by atoms with E-state index in [0.717, 1.165) is 4.68 Å². The van der Waals surface area contributed by atoms with E-state index in [0.29, 0.717) is 0 Å². The van der Waals surface area contributed by atoms with E-state index in [9.17, 15) is 9.59 Å². The molecule has 7 N–H and O–H groups in total. The fourth-order valence-electron chi connectivity index (χ4n) is 1.72. The van der Waals surface area contributed by atoms with Gasteiger partial charge in [0.1, 0.15) is 17.5 Å². The summed E-state index contributed by atoms with van der Waals surface area (Å²) in [6.45, 7) is 0. The highest BCUT2D eigenvalue weighted by Gasteiger charge is 2.36. The quantitative estimate of drug-likeness (QED) is 0.344. The Morgan fingerprint density at radius 1 is 1.30 bits per heavy atom. The maximum absolute atomic E-state index is 11.0. The molecule has 2 atom stereocenters. The van der Waals surface area contributed by atoms with Crippen molar-refractivity contribution in [3.8, 4) is 6.07 Å². The summed E-state index contributed by atoms with van der Waals surface area (Å²) in [5.74, 6) is -2.57. The van der Waals surface area contributed by atoms with Crippen molar-refractivity contribution in [2.24, 2.45) is 0 Å². The lowest BCUT2D eigenvalue weighted by Gasteiger charge is -2.35. The average molecular weight is 281 g/mol. The Kier molecular flexibility index (Phi) is 3.53. The third-order valence-electron chi connectivity index (χ3n) is 2.68. The molecule has 2 rings (SSSR count). The lowest BCUT2D eigenvalue weighted by atomic mass is 10.3. The van der Waals surface area contributed by atoms with Crippen molar-refractivity contribution >= 4 is 17.8 Å². The molecule has 0 bridgehead atoms. The molecule has 0 aliphatic carbocycles. The van der Waals surface area contributed by atoms with Gasteiger partial charge in [-0.1, -0.05) is 0 Å². The van der Waals surface area contributed by atoms with Crippen molar-refractivity contribution in [1.29, 1.82) is 5.26 Å². The average Bonchev–Trinajstić information content (AvgIpc) is 2.79. The van der Waals surface area contributed by atoms with Crippen molar-refractivity contribution in [3.63, 3.8) is 0 Å². The SMILES string of the molecule is N#Cc1cnn(C2NC(C(=O)O)NC(C(=O)O)N2)c1N. The summed E-state index contributed by atoms with van der Waals surface area (Å²) in [4.78, 5) is 22.0. The normalized spacial score (nSPS) is 25.9. The molecule has 20 heavy (non-hydrogen) atoms. The summed E-state index contributed by atoms with van der Waals surface area (Å²) in [5, 5.41) is 38.0. The Morgan fingerprint density at radius 2 is 1.85 bits per heavy atom. The van der Waals surface area contributed by atoms with Crippen LogP contribution in [0.4, 0.5) is 5.82 Å². The van der Waals surface area contributed by atoms with Gasteiger partial charge in [-0.3, -0.25) is 16.0 Å². The molecule has 1 aliphatic heterocycles. The van der Waals surface area contributed by atoms with Gasteiger partial charge >= 0.3 is 11.9 Å². The van der Waals surface area contributed by atoms with Crippen molar-refractivity contribution in [2.75, 3.05) is 5.73 Å². The number of hydrogen-bond donors (Lipinski definition) is 6. The third-order valence-corrected chi connectivity index (χ3v) is 2.68. The predicted molar refractivity (Wildman–Crippen MR) is 62.6 cm³/mol. The molecule has 1 fully saturated rings. The van der Waals surface area contributed by atoms with Crippen LogP contribution in [0.15, 0.2) is 6.20 Å². The van der Waals surface area contributed by atoms with Gasteiger partial charge < -0.3 is 15.9 Å². The third kappa shape index (κ3) is 2.38. The highest BCUT2D eigenvalue weighted by Crippen LogP contribution is 2.15. The molecule has 2 unspecified atom stereocenters. The molecule has 0 saturated carbocycles. The summed E-state index contributed by atoms with van der Waals surface area (Å²) >= 11 is 0. The summed E-state index contributed by atoms with van der Waals surface area (Å²) in [6, 6.07) is 1.81. The molecule has 1 aliphatic rings. The van der Waals surface area contributed by atoms with Gasteiger partial charge in [-0.05, 0) is 0 Å². The number of nitrogens with one attached hydrogen (secondary N) is 3. The second-order valence-electron chi connectivity index (χ2n) is 3.94. The minimum Gasteiger partial charge on any atom is -0.479 e. The molecule has 0 radical (unpaired) electrons. The summed E-state index contributed by atoms with van der Waals surface area (Å²) in [6.07, 6.45) is -2.40. The van der Waals surface area contributed by atoms with E-state index >= 15 is 0 Å². The van der Waals surface area contributed by atoms with E-state index in [4.69, 9.17) is 21.2 Å². The number of nitrogens with zero attached hydrogens (tertiary/aromatic N) is 3. The van der Waals surface area contributed by atoms with Gasteiger partial charge in [0.05, 0.1) is 6.20 Å². The largest absolute Gasteiger partial charge is 0.479 e. The zero-order valence-electron chi connectivity index (χ0n) is 9.94. The van der Waals surface area contributed by atoms with Crippen LogP contribution >= 0.6 is 0 Å². The van der Waals surface area contributed by atoms with Crippen LogP contribution in [-0.2, 0) is 9.59 Å². The number of hydrogen-bond acceptors (Lipinski definition) is 8. The molecule has 1 saturated heterocycles. The van der Waals surface area contributed by atoms with Crippen molar-refractivity contribution in [2.45, 2.75) is 18.6 Å². The second-order valence-corrected chi connectivity index (χ2v) is 3.94. The second kappa shape index (κ2) is 5.13. The van der Waals surface area contributed by atoms with Crippen LogP contribution in [0.5, 0.6) is 0 Å². The summed E-state index contributed by atoms with van der Waals surface area (Å²) < 4.78 is 1.10. The molecule has 11 heteroatoms. The standard InChI is InChI=1S/C9H11N7O4/c10-1-3-2-12-16(4(3)11)9-14-5(7(17)18)13-6(15-9)8(19)20/h2,5-6,9,13-15H,11H2,(H,17,18)(H,19,20). The van der Waals surface area contributed by atoms with Gasteiger partial charge in [-0.15, -0.1) is 0 Å². The number of anilines is 1. The van der Waals surface area contributed by atoms with Gasteiger partial charge in [0.15, 0.2) is 18.6 Å². The van der Waals surface area contributed by atoms with Gasteiger partial charge in [-0.25, -0.2) is 14.3 Å². The molecule has 1 aromatic heterocycles. The smallest absolute Gasteiger partial charge is 0.335 e. The first-order chi connectivity index (χ1) is 9.43. The van der Waals surface area contributed by atoms with Crippen LogP contribution in [0.2, 0.25) is 0 Å². The first-order valence-corrected chi connectivity index (χ1v) is 5.41. The number of rotatable bonds is 3. The highest BCUT2D eigenvalue weighted by atomic mass is 16.4. The molecule has 11 nitrogen and oxygen atoms in total. The molecule has 1 aromatic rings. The van der Waals surface area contributed by atoms with Crippen LogP contribution in [0.1, 0.15) is 11.9 Å². The zero-order valence-corrected chi connectivity index (χ0v) is 9.94. The number of aromatic nitrogens is 2. The first kappa shape index (κ1) is 13.7. The molecule has 106 valence electrons. The van der Waals surface area contributed by atoms with Crippen LogP contribution in [-0.4, -0.2) is 44.3 Å². The van der Waals surface area contributed by atoms with Crippen molar-refractivity contribution in [1.82, 2.24) is 25.7 Å². The monoisotopic (exact) mass is 281 g/mol. The Labute approximate surface area is 112 Å². The van der Waals surface area contributed by atoms with Gasteiger partial charge in [0, 0.05) is 0 Å². The fraction of sp³-hybridized carbons (Fsp3) is 0.333. The van der Waals surface area contributed by atoms with Gasteiger partial charge in [0.2, 0.25) is 0 Å². The first-order valence-electron chi connectivity index (χ1n) is 5.41.